The molecule has 1 heterocycles. The highest BCUT2D eigenvalue weighted by Gasteiger charge is 2.42. The van der Waals surface area contributed by atoms with Crippen molar-refractivity contribution in [2.45, 2.75) is 57.4 Å². The molecular weight excluding hydrogens is 314 g/mol. The molecule has 3 atom stereocenters. The normalized spacial score (nSPS) is 29.3. The van der Waals surface area contributed by atoms with Crippen LogP contribution in [-0.2, 0) is 0 Å². The Hall–Kier alpha value is -1.60. The van der Waals surface area contributed by atoms with E-state index in [1.165, 1.54) is 68.3 Å². The first-order valence-corrected chi connectivity index (χ1v) is 10.7. The van der Waals surface area contributed by atoms with Crippen LogP contribution in [0.4, 0.5) is 0 Å². The number of hydrogen-bond donors (Lipinski definition) is 0. The second-order valence-electron chi connectivity index (χ2n) is 9.01. The monoisotopic (exact) mass is 345 g/mol. The van der Waals surface area contributed by atoms with E-state index < -0.39 is 0 Å². The summed E-state index contributed by atoms with van der Waals surface area (Å²) in [5, 5.41) is 0. The van der Waals surface area contributed by atoms with Gasteiger partial charge in [0.1, 0.15) is 0 Å². The summed E-state index contributed by atoms with van der Waals surface area (Å²) in [5.74, 6) is 2.81. The first-order valence-electron chi connectivity index (χ1n) is 10.7. The predicted octanol–water partition coefficient (Wildman–Crippen LogP) is 6.03. The SMILES string of the molecule is Cc1ccc(-c2ccccc2C2CCN([C@H]3CC4CCC3C4)CC2)cc1. The molecule has 1 heteroatoms. The molecule has 3 aliphatic rings. The van der Waals surface area contributed by atoms with E-state index >= 15 is 0 Å². The average molecular weight is 346 g/mol. The van der Waals surface area contributed by atoms with Crippen molar-refractivity contribution >= 4 is 0 Å². The number of nitrogens with zero attached hydrogens (tertiary/aromatic N) is 1. The van der Waals surface area contributed by atoms with Gasteiger partial charge in [0.25, 0.3) is 0 Å². The lowest BCUT2D eigenvalue weighted by molar-refractivity contribution is 0.111. The zero-order valence-electron chi connectivity index (χ0n) is 16.0. The molecule has 0 N–H and O–H groups in total. The summed E-state index contributed by atoms with van der Waals surface area (Å²) in [6, 6.07) is 19.1. The highest BCUT2D eigenvalue weighted by atomic mass is 15.2. The van der Waals surface area contributed by atoms with E-state index in [1.54, 1.807) is 5.56 Å². The molecule has 1 saturated heterocycles. The fraction of sp³-hybridized carbons (Fsp3) is 0.520. The van der Waals surface area contributed by atoms with Crippen molar-refractivity contribution in [2.24, 2.45) is 11.8 Å². The van der Waals surface area contributed by atoms with E-state index in [2.05, 4.69) is 60.4 Å². The quantitative estimate of drug-likeness (QED) is 0.656. The number of benzene rings is 2. The van der Waals surface area contributed by atoms with Gasteiger partial charge >= 0.3 is 0 Å². The summed E-state index contributed by atoms with van der Waals surface area (Å²) in [4.78, 5) is 2.86. The van der Waals surface area contributed by atoms with Gasteiger partial charge < -0.3 is 4.90 Å². The van der Waals surface area contributed by atoms with E-state index in [0.29, 0.717) is 0 Å². The molecule has 0 spiro atoms. The summed E-state index contributed by atoms with van der Waals surface area (Å²) in [6.45, 7) is 4.78. The van der Waals surface area contributed by atoms with Gasteiger partial charge in [0.2, 0.25) is 0 Å². The Bertz CT molecular complexity index is 754. The highest BCUT2D eigenvalue weighted by Crippen LogP contribution is 2.47. The molecule has 136 valence electrons. The van der Waals surface area contributed by atoms with Crippen molar-refractivity contribution in [3.05, 3.63) is 59.7 Å². The molecule has 2 aromatic carbocycles. The third kappa shape index (κ3) is 3.01. The predicted molar refractivity (Wildman–Crippen MR) is 109 cm³/mol. The zero-order chi connectivity index (χ0) is 17.5. The van der Waals surface area contributed by atoms with Gasteiger partial charge in [-0.2, -0.15) is 0 Å². The van der Waals surface area contributed by atoms with Gasteiger partial charge in [-0.3, -0.25) is 0 Å². The van der Waals surface area contributed by atoms with Crippen molar-refractivity contribution in [2.75, 3.05) is 13.1 Å². The van der Waals surface area contributed by atoms with Crippen LogP contribution in [0.3, 0.4) is 0 Å². The number of fused-ring (bicyclic) bond motifs is 2. The van der Waals surface area contributed by atoms with Crippen LogP contribution in [0, 0.1) is 18.8 Å². The van der Waals surface area contributed by atoms with Crippen LogP contribution < -0.4 is 0 Å². The molecule has 0 amide bonds. The first kappa shape index (κ1) is 16.6. The van der Waals surface area contributed by atoms with Crippen LogP contribution in [0.1, 0.15) is 55.6 Å². The summed E-state index contributed by atoms with van der Waals surface area (Å²) in [5.41, 5.74) is 5.74. The van der Waals surface area contributed by atoms with Gasteiger partial charge in [0.05, 0.1) is 0 Å². The van der Waals surface area contributed by atoms with Crippen molar-refractivity contribution in [1.82, 2.24) is 4.90 Å². The molecule has 0 radical (unpaired) electrons. The Kier molecular flexibility index (Phi) is 4.36. The molecule has 2 aromatic rings. The van der Waals surface area contributed by atoms with Crippen molar-refractivity contribution in [3.63, 3.8) is 0 Å². The standard InChI is InChI=1S/C25H31N/c1-18-6-9-20(10-7-18)23-4-2-3-5-24(23)21-12-14-26(15-13-21)25-17-19-8-11-22(25)16-19/h2-7,9-10,19,21-22,25H,8,11-17H2,1H3/t19?,22?,25-/m0/s1. The Labute approximate surface area is 158 Å². The summed E-state index contributed by atoms with van der Waals surface area (Å²) in [7, 11) is 0. The van der Waals surface area contributed by atoms with Crippen molar-refractivity contribution in [1.29, 1.82) is 0 Å². The van der Waals surface area contributed by atoms with E-state index in [1.807, 2.05) is 0 Å². The maximum absolute atomic E-state index is 2.86. The smallest absolute Gasteiger partial charge is 0.0126 e. The van der Waals surface area contributed by atoms with Crippen LogP contribution in [0.15, 0.2) is 48.5 Å². The summed E-state index contributed by atoms with van der Waals surface area (Å²) < 4.78 is 0. The van der Waals surface area contributed by atoms with Gasteiger partial charge in [0, 0.05) is 6.04 Å². The maximum Gasteiger partial charge on any atom is 0.0126 e. The third-order valence-electron chi connectivity index (χ3n) is 7.46. The lowest BCUT2D eigenvalue weighted by Gasteiger charge is -2.40. The highest BCUT2D eigenvalue weighted by molar-refractivity contribution is 5.68. The molecule has 1 nitrogen and oxygen atoms in total. The molecule has 2 unspecified atom stereocenters. The van der Waals surface area contributed by atoms with Crippen LogP contribution in [0.25, 0.3) is 11.1 Å². The van der Waals surface area contributed by atoms with Gasteiger partial charge in [0.15, 0.2) is 0 Å². The zero-order valence-corrected chi connectivity index (χ0v) is 16.0. The van der Waals surface area contributed by atoms with Crippen LogP contribution in [-0.4, -0.2) is 24.0 Å². The van der Waals surface area contributed by atoms with Crippen LogP contribution >= 0.6 is 0 Å². The molecule has 3 fully saturated rings. The Morgan fingerprint density at radius 3 is 2.27 bits per heavy atom. The van der Waals surface area contributed by atoms with Gasteiger partial charge in [-0.05, 0) is 86.6 Å². The fourth-order valence-corrected chi connectivity index (χ4v) is 6.05. The van der Waals surface area contributed by atoms with Gasteiger partial charge in [-0.15, -0.1) is 0 Å². The lowest BCUT2D eigenvalue weighted by atomic mass is 9.83. The molecule has 2 saturated carbocycles. The lowest BCUT2D eigenvalue weighted by Crippen LogP contribution is -2.43. The number of aryl methyl sites for hydroxylation is 1. The van der Waals surface area contributed by atoms with E-state index in [0.717, 1.165) is 23.8 Å². The van der Waals surface area contributed by atoms with Gasteiger partial charge in [-0.25, -0.2) is 0 Å². The largest absolute Gasteiger partial charge is 0.300 e. The van der Waals surface area contributed by atoms with E-state index in [4.69, 9.17) is 0 Å². The van der Waals surface area contributed by atoms with Crippen molar-refractivity contribution < 1.29 is 0 Å². The van der Waals surface area contributed by atoms with E-state index in [-0.39, 0.29) is 0 Å². The van der Waals surface area contributed by atoms with Crippen molar-refractivity contribution in [3.8, 4) is 11.1 Å². The Morgan fingerprint density at radius 2 is 1.58 bits per heavy atom. The van der Waals surface area contributed by atoms with Crippen LogP contribution in [0.5, 0.6) is 0 Å². The second-order valence-corrected chi connectivity index (χ2v) is 9.01. The molecule has 0 aromatic heterocycles. The minimum atomic E-state index is 0.724. The molecule has 2 bridgehead atoms. The third-order valence-corrected chi connectivity index (χ3v) is 7.46. The number of rotatable bonds is 3. The summed E-state index contributed by atoms with van der Waals surface area (Å²) in [6.07, 6.45) is 8.71. The Balaban J connectivity index is 1.32. The maximum atomic E-state index is 2.86. The van der Waals surface area contributed by atoms with Crippen LogP contribution in [0.2, 0.25) is 0 Å². The second kappa shape index (κ2) is 6.85. The number of likely N-dealkylation sites (tertiary alicyclic amines) is 1. The molecular formula is C25H31N. The summed E-state index contributed by atoms with van der Waals surface area (Å²) >= 11 is 0. The molecule has 1 aliphatic heterocycles. The van der Waals surface area contributed by atoms with Gasteiger partial charge in [-0.1, -0.05) is 60.5 Å². The fourth-order valence-electron chi connectivity index (χ4n) is 6.05. The molecule has 2 aliphatic carbocycles. The van der Waals surface area contributed by atoms with E-state index in [9.17, 15) is 0 Å². The average Bonchev–Trinajstić information content (AvgIpc) is 3.32. The minimum Gasteiger partial charge on any atom is -0.300 e. The first-order chi connectivity index (χ1) is 12.8. The Morgan fingerprint density at radius 1 is 0.808 bits per heavy atom. The number of piperidine rings is 1. The molecule has 26 heavy (non-hydrogen) atoms. The molecule has 5 rings (SSSR count). The topological polar surface area (TPSA) is 3.24 Å². The minimum absolute atomic E-state index is 0.724. The number of hydrogen-bond acceptors (Lipinski definition) is 1.